The van der Waals surface area contributed by atoms with Gasteiger partial charge in [-0.2, -0.15) is 0 Å². The Morgan fingerprint density at radius 2 is 2.20 bits per heavy atom. The average Bonchev–Trinajstić information content (AvgIpc) is 3.00. The first-order valence-electron chi connectivity index (χ1n) is 5.29. The van der Waals surface area contributed by atoms with Crippen molar-refractivity contribution in [1.82, 2.24) is 0 Å². The van der Waals surface area contributed by atoms with Crippen molar-refractivity contribution in [2.45, 2.75) is 24.7 Å². The summed E-state index contributed by atoms with van der Waals surface area (Å²) in [5.41, 5.74) is 6.71. The number of methoxy groups -OCH3 is 1. The lowest BCUT2D eigenvalue weighted by atomic mass is 9.91. The lowest BCUT2D eigenvalue weighted by Gasteiger charge is -2.16. The van der Waals surface area contributed by atoms with Crippen molar-refractivity contribution in [3.8, 4) is 11.5 Å². The Morgan fingerprint density at radius 1 is 1.47 bits per heavy atom. The van der Waals surface area contributed by atoms with Crippen LogP contribution in [0, 0.1) is 0 Å². The minimum Gasteiger partial charge on any atom is -0.508 e. The molecule has 3 nitrogen and oxygen atoms in total. The SMILES string of the molecule is COc1ccc(O)c(C2(CCN)CC2)c1. The molecule has 0 aromatic heterocycles. The molecule has 1 aliphatic carbocycles. The molecular formula is C12H17NO2. The lowest BCUT2D eigenvalue weighted by molar-refractivity contribution is 0.408. The molecule has 1 saturated carbocycles. The largest absolute Gasteiger partial charge is 0.508 e. The molecule has 0 saturated heterocycles. The topological polar surface area (TPSA) is 55.5 Å². The summed E-state index contributed by atoms with van der Waals surface area (Å²) in [6.07, 6.45) is 3.17. The first-order valence-corrected chi connectivity index (χ1v) is 5.29. The molecule has 15 heavy (non-hydrogen) atoms. The van der Waals surface area contributed by atoms with Gasteiger partial charge in [-0.05, 0) is 44.0 Å². The molecule has 3 heteroatoms. The third kappa shape index (κ3) is 1.79. The maximum absolute atomic E-state index is 9.84. The van der Waals surface area contributed by atoms with Crippen LogP contribution >= 0.6 is 0 Å². The van der Waals surface area contributed by atoms with Gasteiger partial charge >= 0.3 is 0 Å². The van der Waals surface area contributed by atoms with Gasteiger partial charge in [-0.3, -0.25) is 0 Å². The van der Waals surface area contributed by atoms with Crippen molar-refractivity contribution in [3.05, 3.63) is 23.8 Å². The summed E-state index contributed by atoms with van der Waals surface area (Å²) in [4.78, 5) is 0. The van der Waals surface area contributed by atoms with Gasteiger partial charge in [0.2, 0.25) is 0 Å². The van der Waals surface area contributed by atoms with Gasteiger partial charge in [0, 0.05) is 11.0 Å². The fraction of sp³-hybridized carbons (Fsp3) is 0.500. The Morgan fingerprint density at radius 3 is 2.73 bits per heavy atom. The van der Waals surface area contributed by atoms with Crippen LogP contribution in [-0.4, -0.2) is 18.8 Å². The number of benzene rings is 1. The number of phenolic OH excluding ortho intramolecular Hbond substituents is 1. The second-order valence-corrected chi connectivity index (χ2v) is 4.20. The summed E-state index contributed by atoms with van der Waals surface area (Å²) in [6, 6.07) is 5.40. The van der Waals surface area contributed by atoms with Crippen LogP contribution in [0.1, 0.15) is 24.8 Å². The van der Waals surface area contributed by atoms with Crippen LogP contribution in [0.3, 0.4) is 0 Å². The van der Waals surface area contributed by atoms with Gasteiger partial charge in [0.1, 0.15) is 11.5 Å². The van der Waals surface area contributed by atoms with Crippen molar-refractivity contribution in [1.29, 1.82) is 0 Å². The van der Waals surface area contributed by atoms with Crippen LogP contribution in [0.15, 0.2) is 18.2 Å². The molecule has 0 aliphatic heterocycles. The highest BCUT2D eigenvalue weighted by Crippen LogP contribution is 2.53. The van der Waals surface area contributed by atoms with Crippen LogP contribution in [0.25, 0.3) is 0 Å². The molecule has 0 atom stereocenters. The number of nitrogens with two attached hydrogens (primary N) is 1. The molecule has 0 unspecified atom stereocenters. The summed E-state index contributed by atoms with van der Waals surface area (Å²) >= 11 is 0. The Balaban J connectivity index is 2.34. The molecule has 2 rings (SSSR count). The maximum atomic E-state index is 9.84. The van der Waals surface area contributed by atoms with Gasteiger partial charge in [0.15, 0.2) is 0 Å². The van der Waals surface area contributed by atoms with E-state index < -0.39 is 0 Å². The van der Waals surface area contributed by atoms with Gasteiger partial charge in [0.25, 0.3) is 0 Å². The first kappa shape index (κ1) is 10.3. The lowest BCUT2D eigenvalue weighted by Crippen LogP contribution is -2.13. The molecule has 1 fully saturated rings. The second kappa shape index (κ2) is 3.74. The van der Waals surface area contributed by atoms with Crippen LogP contribution in [0.5, 0.6) is 11.5 Å². The standard InChI is InChI=1S/C12H17NO2/c1-15-9-2-3-11(14)10(8-9)12(4-5-12)6-7-13/h2-3,8,14H,4-7,13H2,1H3. The summed E-state index contributed by atoms with van der Waals surface area (Å²) in [5, 5.41) is 9.84. The number of aromatic hydroxyl groups is 1. The summed E-state index contributed by atoms with van der Waals surface area (Å²) in [7, 11) is 1.64. The number of hydrogen-bond acceptors (Lipinski definition) is 3. The molecule has 3 N–H and O–H groups in total. The molecule has 0 radical (unpaired) electrons. The highest BCUT2D eigenvalue weighted by Gasteiger charge is 2.45. The van der Waals surface area contributed by atoms with Crippen LogP contribution < -0.4 is 10.5 Å². The van der Waals surface area contributed by atoms with Crippen LogP contribution in [-0.2, 0) is 5.41 Å². The fourth-order valence-electron chi connectivity index (χ4n) is 2.15. The van der Waals surface area contributed by atoms with Crippen molar-refractivity contribution < 1.29 is 9.84 Å². The van der Waals surface area contributed by atoms with Crippen LogP contribution in [0.2, 0.25) is 0 Å². The molecule has 0 heterocycles. The summed E-state index contributed by atoms with van der Waals surface area (Å²) in [5.74, 6) is 1.16. The molecule has 0 amide bonds. The zero-order chi connectivity index (χ0) is 10.9. The number of phenols is 1. The van der Waals surface area contributed by atoms with Crippen molar-refractivity contribution >= 4 is 0 Å². The van der Waals surface area contributed by atoms with E-state index >= 15 is 0 Å². The first-order chi connectivity index (χ1) is 7.22. The quantitative estimate of drug-likeness (QED) is 0.791. The minimum absolute atomic E-state index is 0.118. The smallest absolute Gasteiger partial charge is 0.119 e. The van der Waals surface area contributed by atoms with Gasteiger partial charge in [-0.25, -0.2) is 0 Å². The van der Waals surface area contributed by atoms with Crippen molar-refractivity contribution in [3.63, 3.8) is 0 Å². The Hall–Kier alpha value is -1.22. The maximum Gasteiger partial charge on any atom is 0.119 e. The predicted molar refractivity (Wildman–Crippen MR) is 59.2 cm³/mol. The Labute approximate surface area is 89.9 Å². The molecule has 0 spiro atoms. The number of ether oxygens (including phenoxy) is 1. The molecule has 1 aromatic rings. The number of hydrogen-bond donors (Lipinski definition) is 2. The van der Waals surface area contributed by atoms with Gasteiger partial charge in [-0.1, -0.05) is 0 Å². The second-order valence-electron chi connectivity index (χ2n) is 4.20. The van der Waals surface area contributed by atoms with E-state index in [0.717, 1.165) is 30.6 Å². The highest BCUT2D eigenvalue weighted by atomic mass is 16.5. The van der Waals surface area contributed by atoms with Gasteiger partial charge < -0.3 is 15.6 Å². The van der Waals surface area contributed by atoms with Crippen molar-refractivity contribution in [2.24, 2.45) is 5.73 Å². The fourth-order valence-corrected chi connectivity index (χ4v) is 2.15. The van der Waals surface area contributed by atoms with E-state index in [1.807, 2.05) is 6.07 Å². The zero-order valence-electron chi connectivity index (χ0n) is 8.99. The van der Waals surface area contributed by atoms with Crippen LogP contribution in [0.4, 0.5) is 0 Å². The minimum atomic E-state index is 0.118. The molecular weight excluding hydrogens is 190 g/mol. The predicted octanol–water partition coefficient (Wildman–Crippen LogP) is 1.78. The Kier molecular flexibility index (Phi) is 2.57. The zero-order valence-corrected chi connectivity index (χ0v) is 8.99. The summed E-state index contributed by atoms with van der Waals surface area (Å²) in [6.45, 7) is 0.663. The van der Waals surface area contributed by atoms with E-state index in [2.05, 4.69) is 0 Å². The summed E-state index contributed by atoms with van der Waals surface area (Å²) < 4.78 is 5.17. The molecule has 1 aromatic carbocycles. The highest BCUT2D eigenvalue weighted by molar-refractivity contribution is 5.46. The van der Waals surface area contributed by atoms with E-state index in [-0.39, 0.29) is 5.41 Å². The number of rotatable bonds is 4. The average molecular weight is 207 g/mol. The van der Waals surface area contributed by atoms with E-state index in [4.69, 9.17) is 10.5 Å². The molecule has 82 valence electrons. The van der Waals surface area contributed by atoms with Gasteiger partial charge in [-0.15, -0.1) is 0 Å². The Bertz CT molecular complexity index is 359. The van der Waals surface area contributed by atoms with E-state index in [1.165, 1.54) is 0 Å². The van der Waals surface area contributed by atoms with E-state index in [1.54, 1.807) is 19.2 Å². The van der Waals surface area contributed by atoms with Crippen molar-refractivity contribution in [2.75, 3.05) is 13.7 Å². The third-order valence-corrected chi connectivity index (χ3v) is 3.25. The monoisotopic (exact) mass is 207 g/mol. The molecule has 0 bridgehead atoms. The van der Waals surface area contributed by atoms with E-state index in [0.29, 0.717) is 12.3 Å². The van der Waals surface area contributed by atoms with Gasteiger partial charge in [0.05, 0.1) is 7.11 Å². The normalized spacial score (nSPS) is 17.5. The third-order valence-electron chi connectivity index (χ3n) is 3.25. The van der Waals surface area contributed by atoms with E-state index in [9.17, 15) is 5.11 Å². The molecule has 1 aliphatic rings.